The Bertz CT molecular complexity index is 572. The number of likely N-dealkylation sites (N-methyl/N-ethyl adjacent to an activating group) is 1. The maximum absolute atomic E-state index is 6.08. The molecule has 2 aromatic rings. The van der Waals surface area contributed by atoms with Crippen LogP contribution < -0.4 is 5.32 Å². The second-order valence-corrected chi connectivity index (χ2v) is 6.07. The predicted octanol–water partition coefficient (Wildman–Crippen LogP) is 5.26. The van der Waals surface area contributed by atoms with Gasteiger partial charge in [-0.2, -0.15) is 0 Å². The van der Waals surface area contributed by atoms with Crippen LogP contribution in [0.4, 0.5) is 0 Å². The summed E-state index contributed by atoms with van der Waals surface area (Å²) >= 11 is 15.7. The minimum atomic E-state index is 0.187. The summed E-state index contributed by atoms with van der Waals surface area (Å²) in [6, 6.07) is 13.9. The smallest absolute Gasteiger partial charge is 0.0410 e. The molecule has 0 aliphatic carbocycles. The Labute approximate surface area is 132 Å². The van der Waals surface area contributed by atoms with Gasteiger partial charge in [0, 0.05) is 20.6 Å². The second-order valence-electron chi connectivity index (χ2n) is 4.34. The van der Waals surface area contributed by atoms with Crippen molar-refractivity contribution >= 4 is 39.1 Å². The van der Waals surface area contributed by atoms with Gasteiger partial charge in [0.05, 0.1) is 0 Å². The summed E-state index contributed by atoms with van der Waals surface area (Å²) in [5.74, 6) is 0. The lowest BCUT2D eigenvalue weighted by Crippen LogP contribution is -2.19. The standard InChI is InChI=1S/C15H14BrCl2N/c1-19-15(8-10-3-2-4-11(17)7-10)13-9-12(18)5-6-14(13)16/h2-7,9,15,19H,8H2,1H3. The molecule has 1 nitrogen and oxygen atoms in total. The van der Waals surface area contributed by atoms with E-state index in [1.165, 1.54) is 5.56 Å². The van der Waals surface area contributed by atoms with Crippen LogP contribution in [0.1, 0.15) is 17.2 Å². The summed E-state index contributed by atoms with van der Waals surface area (Å²) in [6.45, 7) is 0. The van der Waals surface area contributed by atoms with E-state index in [0.29, 0.717) is 0 Å². The Morgan fingerprint density at radius 3 is 2.53 bits per heavy atom. The van der Waals surface area contributed by atoms with E-state index in [1.807, 2.05) is 43.4 Å². The highest BCUT2D eigenvalue weighted by atomic mass is 79.9. The molecular weight excluding hydrogens is 345 g/mol. The zero-order chi connectivity index (χ0) is 13.8. The lowest BCUT2D eigenvalue weighted by molar-refractivity contribution is 0.590. The molecule has 0 aromatic heterocycles. The Kier molecular flexibility index (Phi) is 5.28. The van der Waals surface area contributed by atoms with Crippen molar-refractivity contribution in [3.8, 4) is 0 Å². The van der Waals surface area contributed by atoms with Crippen molar-refractivity contribution in [1.82, 2.24) is 5.32 Å². The Morgan fingerprint density at radius 1 is 1.11 bits per heavy atom. The molecule has 0 heterocycles. The lowest BCUT2D eigenvalue weighted by Gasteiger charge is -2.19. The highest BCUT2D eigenvalue weighted by molar-refractivity contribution is 9.10. The zero-order valence-corrected chi connectivity index (χ0v) is 13.6. The second kappa shape index (κ2) is 6.76. The Hall–Kier alpha value is -0.540. The first-order valence-corrected chi connectivity index (χ1v) is 7.51. The van der Waals surface area contributed by atoms with E-state index in [0.717, 1.165) is 26.5 Å². The van der Waals surface area contributed by atoms with Crippen molar-refractivity contribution in [3.05, 3.63) is 68.1 Å². The molecule has 2 aromatic carbocycles. The SMILES string of the molecule is CNC(Cc1cccc(Cl)c1)c1cc(Cl)ccc1Br. The van der Waals surface area contributed by atoms with E-state index in [9.17, 15) is 0 Å². The van der Waals surface area contributed by atoms with E-state index in [2.05, 4.69) is 27.3 Å². The molecule has 4 heteroatoms. The molecule has 1 unspecified atom stereocenters. The van der Waals surface area contributed by atoms with Gasteiger partial charge in [-0.05, 0) is 54.9 Å². The van der Waals surface area contributed by atoms with E-state index in [-0.39, 0.29) is 6.04 Å². The fourth-order valence-corrected chi connectivity index (χ4v) is 2.97. The van der Waals surface area contributed by atoms with Gasteiger partial charge in [0.15, 0.2) is 0 Å². The number of rotatable bonds is 4. The van der Waals surface area contributed by atoms with Crippen LogP contribution in [0.5, 0.6) is 0 Å². The number of halogens is 3. The first-order chi connectivity index (χ1) is 9.10. The van der Waals surface area contributed by atoms with E-state index in [1.54, 1.807) is 0 Å². The third-order valence-corrected chi connectivity index (χ3v) is 4.20. The first kappa shape index (κ1) is 14.9. The average Bonchev–Trinajstić information content (AvgIpc) is 2.39. The molecule has 0 fully saturated rings. The lowest BCUT2D eigenvalue weighted by atomic mass is 9.99. The molecule has 0 saturated carbocycles. The molecule has 2 rings (SSSR count). The molecule has 0 spiro atoms. The molecule has 19 heavy (non-hydrogen) atoms. The van der Waals surface area contributed by atoms with Crippen LogP contribution in [0.2, 0.25) is 10.0 Å². The van der Waals surface area contributed by atoms with Crippen molar-refractivity contribution in [2.24, 2.45) is 0 Å². The summed E-state index contributed by atoms with van der Waals surface area (Å²) in [6.07, 6.45) is 0.857. The molecule has 0 bridgehead atoms. The van der Waals surface area contributed by atoms with Crippen LogP contribution >= 0.6 is 39.1 Å². The molecule has 0 aliphatic heterocycles. The van der Waals surface area contributed by atoms with Crippen LogP contribution in [0.3, 0.4) is 0 Å². The number of benzene rings is 2. The van der Waals surface area contributed by atoms with E-state index >= 15 is 0 Å². The van der Waals surface area contributed by atoms with Crippen LogP contribution in [0.15, 0.2) is 46.9 Å². The predicted molar refractivity (Wildman–Crippen MR) is 86.1 cm³/mol. The largest absolute Gasteiger partial charge is 0.313 e. The van der Waals surface area contributed by atoms with Gasteiger partial charge in [-0.3, -0.25) is 0 Å². The fraction of sp³-hybridized carbons (Fsp3) is 0.200. The van der Waals surface area contributed by atoms with Gasteiger partial charge in [-0.1, -0.05) is 51.3 Å². The average molecular weight is 359 g/mol. The third-order valence-electron chi connectivity index (χ3n) is 3.01. The molecule has 1 atom stereocenters. The van der Waals surface area contributed by atoms with Gasteiger partial charge >= 0.3 is 0 Å². The highest BCUT2D eigenvalue weighted by Gasteiger charge is 2.14. The Balaban J connectivity index is 2.27. The molecule has 100 valence electrons. The third kappa shape index (κ3) is 3.96. The zero-order valence-electron chi connectivity index (χ0n) is 10.5. The van der Waals surface area contributed by atoms with E-state index < -0.39 is 0 Å². The summed E-state index contributed by atoms with van der Waals surface area (Å²) in [4.78, 5) is 0. The highest BCUT2D eigenvalue weighted by Crippen LogP contribution is 2.29. The van der Waals surface area contributed by atoms with Crippen molar-refractivity contribution in [2.75, 3.05) is 7.05 Å². The minimum absolute atomic E-state index is 0.187. The van der Waals surface area contributed by atoms with Crippen molar-refractivity contribution in [1.29, 1.82) is 0 Å². The van der Waals surface area contributed by atoms with Gasteiger partial charge < -0.3 is 5.32 Å². The van der Waals surface area contributed by atoms with Crippen molar-refractivity contribution in [3.63, 3.8) is 0 Å². The van der Waals surface area contributed by atoms with Gasteiger partial charge in [0.1, 0.15) is 0 Å². The summed E-state index contributed by atoms with van der Waals surface area (Å²) in [5, 5.41) is 4.82. The van der Waals surface area contributed by atoms with Crippen LogP contribution in [-0.4, -0.2) is 7.05 Å². The topological polar surface area (TPSA) is 12.0 Å². The molecule has 0 aliphatic rings. The van der Waals surface area contributed by atoms with Crippen LogP contribution in [-0.2, 0) is 6.42 Å². The van der Waals surface area contributed by atoms with Crippen LogP contribution in [0.25, 0.3) is 0 Å². The molecule has 1 N–H and O–H groups in total. The monoisotopic (exact) mass is 357 g/mol. The van der Waals surface area contributed by atoms with Gasteiger partial charge in [0.2, 0.25) is 0 Å². The van der Waals surface area contributed by atoms with Crippen molar-refractivity contribution in [2.45, 2.75) is 12.5 Å². The van der Waals surface area contributed by atoms with Gasteiger partial charge in [0.25, 0.3) is 0 Å². The maximum Gasteiger partial charge on any atom is 0.0410 e. The quantitative estimate of drug-likeness (QED) is 0.786. The number of hydrogen-bond acceptors (Lipinski definition) is 1. The number of nitrogens with one attached hydrogen (secondary N) is 1. The van der Waals surface area contributed by atoms with Gasteiger partial charge in [-0.15, -0.1) is 0 Å². The minimum Gasteiger partial charge on any atom is -0.313 e. The molecule has 0 amide bonds. The van der Waals surface area contributed by atoms with E-state index in [4.69, 9.17) is 23.2 Å². The van der Waals surface area contributed by atoms with Crippen molar-refractivity contribution < 1.29 is 0 Å². The molecular formula is C15H14BrCl2N. The maximum atomic E-state index is 6.08. The molecule has 0 radical (unpaired) electrons. The number of hydrogen-bond donors (Lipinski definition) is 1. The normalized spacial score (nSPS) is 12.4. The van der Waals surface area contributed by atoms with Gasteiger partial charge in [-0.25, -0.2) is 0 Å². The molecule has 0 saturated heterocycles. The van der Waals surface area contributed by atoms with Crippen LogP contribution in [0, 0.1) is 0 Å². The summed E-state index contributed by atoms with van der Waals surface area (Å²) in [5.41, 5.74) is 2.34. The summed E-state index contributed by atoms with van der Waals surface area (Å²) < 4.78 is 1.05. The summed E-state index contributed by atoms with van der Waals surface area (Å²) in [7, 11) is 1.95. The first-order valence-electron chi connectivity index (χ1n) is 5.97. The fourth-order valence-electron chi connectivity index (χ4n) is 2.05. The Morgan fingerprint density at radius 2 is 1.84 bits per heavy atom.